The molecule has 0 bridgehead atoms. The number of sulfone groups is 1. The first-order valence-electron chi connectivity index (χ1n) is 8.92. The highest BCUT2D eigenvalue weighted by Crippen LogP contribution is 2.39. The quantitative estimate of drug-likeness (QED) is 0.760. The normalized spacial score (nSPS) is 16.2. The highest BCUT2D eigenvalue weighted by molar-refractivity contribution is 7.92. The maximum absolute atomic E-state index is 13.3. The molecular formula is C19H22N4O2S. The number of benzene rings is 1. The summed E-state index contributed by atoms with van der Waals surface area (Å²) >= 11 is 0. The highest BCUT2D eigenvalue weighted by atomic mass is 32.2. The Morgan fingerprint density at radius 2 is 1.69 bits per heavy atom. The molecule has 0 radical (unpaired) electrons. The molecule has 1 aromatic carbocycles. The number of rotatable bonds is 3. The molecule has 2 aromatic heterocycles. The first-order valence-corrected chi connectivity index (χ1v) is 10.4. The van der Waals surface area contributed by atoms with E-state index in [-0.39, 0.29) is 21.7 Å². The fourth-order valence-corrected chi connectivity index (χ4v) is 5.32. The smallest absolute Gasteiger partial charge is 0.212 e. The van der Waals surface area contributed by atoms with Crippen LogP contribution in [-0.2, 0) is 9.84 Å². The molecule has 0 aliphatic heterocycles. The van der Waals surface area contributed by atoms with E-state index >= 15 is 0 Å². The first kappa shape index (κ1) is 17.0. The van der Waals surface area contributed by atoms with Crippen molar-refractivity contribution in [2.45, 2.75) is 54.9 Å². The van der Waals surface area contributed by atoms with Gasteiger partial charge in [0.2, 0.25) is 9.84 Å². The molecule has 0 saturated heterocycles. The minimum atomic E-state index is -3.78. The highest BCUT2D eigenvalue weighted by Gasteiger charge is 2.32. The second kappa shape index (κ2) is 6.39. The van der Waals surface area contributed by atoms with Gasteiger partial charge in [0.15, 0.2) is 5.65 Å². The zero-order chi connectivity index (χ0) is 18.3. The van der Waals surface area contributed by atoms with Gasteiger partial charge in [0, 0.05) is 18.4 Å². The predicted molar refractivity (Wildman–Crippen MR) is 101 cm³/mol. The molecule has 2 heterocycles. The Morgan fingerprint density at radius 1 is 1.04 bits per heavy atom. The van der Waals surface area contributed by atoms with E-state index in [0.29, 0.717) is 11.2 Å². The molecule has 6 nitrogen and oxygen atoms in total. The van der Waals surface area contributed by atoms with Crippen molar-refractivity contribution in [2.24, 2.45) is 0 Å². The molecule has 2 N–H and O–H groups in total. The van der Waals surface area contributed by atoms with Gasteiger partial charge in [0.05, 0.1) is 4.90 Å². The molecule has 0 unspecified atom stereocenters. The summed E-state index contributed by atoms with van der Waals surface area (Å²) in [5.74, 6) is 0.249. The van der Waals surface area contributed by atoms with E-state index in [1.54, 1.807) is 30.5 Å². The summed E-state index contributed by atoms with van der Waals surface area (Å²) in [5.41, 5.74) is 8.32. The minimum absolute atomic E-state index is 0.0787. The van der Waals surface area contributed by atoms with E-state index in [2.05, 4.69) is 9.97 Å². The van der Waals surface area contributed by atoms with Gasteiger partial charge in [-0.1, -0.05) is 37.0 Å². The van der Waals surface area contributed by atoms with Crippen molar-refractivity contribution in [2.75, 3.05) is 5.73 Å². The standard InChI is InChI=1S/C19H22N4O2S/c1-13-7-9-15(10-8-13)26(24,25)17-16-19(22-12-11-21-16)23(18(17)20)14-5-3-2-4-6-14/h7-12,14H,2-6,20H2,1H3. The third kappa shape index (κ3) is 2.67. The lowest BCUT2D eigenvalue weighted by molar-refractivity contribution is 0.362. The van der Waals surface area contributed by atoms with Gasteiger partial charge >= 0.3 is 0 Å². The second-order valence-electron chi connectivity index (χ2n) is 6.92. The molecular weight excluding hydrogens is 348 g/mol. The third-order valence-corrected chi connectivity index (χ3v) is 6.99. The lowest BCUT2D eigenvalue weighted by atomic mass is 9.95. The Morgan fingerprint density at radius 3 is 2.38 bits per heavy atom. The minimum Gasteiger partial charge on any atom is -0.384 e. The van der Waals surface area contributed by atoms with Crippen molar-refractivity contribution >= 4 is 26.8 Å². The third-order valence-electron chi connectivity index (χ3n) is 5.15. The summed E-state index contributed by atoms with van der Waals surface area (Å²) < 4.78 is 28.5. The monoisotopic (exact) mass is 370 g/mol. The van der Waals surface area contributed by atoms with Crippen LogP contribution in [-0.4, -0.2) is 23.0 Å². The lowest BCUT2D eigenvalue weighted by Gasteiger charge is -2.24. The van der Waals surface area contributed by atoms with Crippen LogP contribution in [0.5, 0.6) is 0 Å². The van der Waals surface area contributed by atoms with Crippen LogP contribution in [0.1, 0.15) is 43.7 Å². The van der Waals surface area contributed by atoms with Crippen molar-refractivity contribution in [3.05, 3.63) is 42.2 Å². The zero-order valence-corrected chi connectivity index (χ0v) is 15.5. The Hall–Kier alpha value is -2.41. The molecule has 1 aliphatic carbocycles. The van der Waals surface area contributed by atoms with Gasteiger partial charge < -0.3 is 10.3 Å². The Labute approximate surface area is 153 Å². The van der Waals surface area contributed by atoms with Crippen molar-refractivity contribution < 1.29 is 8.42 Å². The van der Waals surface area contributed by atoms with Crippen molar-refractivity contribution in [3.63, 3.8) is 0 Å². The molecule has 1 aliphatic rings. The van der Waals surface area contributed by atoms with Crippen molar-refractivity contribution in [3.8, 4) is 0 Å². The molecule has 7 heteroatoms. The molecule has 0 atom stereocenters. The fourth-order valence-electron chi connectivity index (χ4n) is 3.82. The molecule has 1 fully saturated rings. The van der Waals surface area contributed by atoms with Crippen LogP contribution in [0.25, 0.3) is 11.2 Å². The molecule has 0 amide bonds. The van der Waals surface area contributed by atoms with Crippen LogP contribution >= 0.6 is 0 Å². The van der Waals surface area contributed by atoms with Crippen LogP contribution in [0.2, 0.25) is 0 Å². The SMILES string of the molecule is Cc1ccc(S(=O)(=O)c2c(N)n(C3CCCCC3)c3nccnc23)cc1. The van der Waals surface area contributed by atoms with E-state index in [0.717, 1.165) is 31.2 Å². The van der Waals surface area contributed by atoms with Crippen LogP contribution in [0.4, 0.5) is 5.82 Å². The summed E-state index contributed by atoms with van der Waals surface area (Å²) in [6.07, 6.45) is 8.50. The fraction of sp³-hybridized carbons (Fsp3) is 0.368. The predicted octanol–water partition coefficient (Wildman–Crippen LogP) is 3.66. The number of nitrogen functional groups attached to an aromatic ring is 1. The van der Waals surface area contributed by atoms with Gasteiger partial charge in [-0.05, 0) is 31.9 Å². The van der Waals surface area contributed by atoms with E-state index < -0.39 is 9.84 Å². The average molecular weight is 370 g/mol. The number of nitrogens with zero attached hydrogens (tertiary/aromatic N) is 3. The van der Waals surface area contributed by atoms with Crippen molar-refractivity contribution in [1.82, 2.24) is 14.5 Å². The number of fused-ring (bicyclic) bond motifs is 1. The number of nitrogens with two attached hydrogens (primary N) is 1. The molecule has 0 spiro atoms. The maximum atomic E-state index is 13.3. The average Bonchev–Trinajstić information content (AvgIpc) is 2.95. The topological polar surface area (TPSA) is 90.9 Å². The number of aromatic nitrogens is 3. The number of hydrogen-bond donors (Lipinski definition) is 1. The van der Waals surface area contributed by atoms with E-state index in [1.807, 2.05) is 11.5 Å². The van der Waals surface area contributed by atoms with Gasteiger partial charge in [-0.15, -0.1) is 0 Å². The number of aryl methyl sites for hydroxylation is 1. The van der Waals surface area contributed by atoms with E-state index in [1.165, 1.54) is 12.6 Å². The van der Waals surface area contributed by atoms with E-state index in [9.17, 15) is 8.42 Å². The lowest BCUT2D eigenvalue weighted by Crippen LogP contribution is -2.16. The van der Waals surface area contributed by atoms with Gasteiger partial charge in [0.25, 0.3) is 0 Å². The first-order chi connectivity index (χ1) is 12.5. The Balaban J connectivity index is 1.95. The largest absolute Gasteiger partial charge is 0.384 e. The van der Waals surface area contributed by atoms with Gasteiger partial charge in [-0.25, -0.2) is 18.4 Å². The van der Waals surface area contributed by atoms with Crippen molar-refractivity contribution in [1.29, 1.82) is 0 Å². The maximum Gasteiger partial charge on any atom is 0.212 e. The molecule has 26 heavy (non-hydrogen) atoms. The summed E-state index contributed by atoms with van der Waals surface area (Å²) in [7, 11) is -3.78. The summed E-state index contributed by atoms with van der Waals surface area (Å²) in [6, 6.07) is 6.98. The summed E-state index contributed by atoms with van der Waals surface area (Å²) in [4.78, 5) is 9.04. The van der Waals surface area contributed by atoms with Gasteiger partial charge in [-0.2, -0.15) is 0 Å². The van der Waals surface area contributed by atoms with Gasteiger partial charge in [-0.3, -0.25) is 0 Å². The number of hydrogen-bond acceptors (Lipinski definition) is 5. The molecule has 3 aromatic rings. The van der Waals surface area contributed by atoms with Gasteiger partial charge in [0.1, 0.15) is 16.2 Å². The summed E-state index contributed by atoms with van der Waals surface area (Å²) in [5, 5.41) is 0. The zero-order valence-electron chi connectivity index (χ0n) is 14.7. The van der Waals surface area contributed by atoms with Crippen LogP contribution < -0.4 is 5.73 Å². The van der Waals surface area contributed by atoms with Crippen LogP contribution in [0.3, 0.4) is 0 Å². The summed E-state index contributed by atoms with van der Waals surface area (Å²) in [6.45, 7) is 1.92. The van der Waals surface area contributed by atoms with E-state index in [4.69, 9.17) is 5.73 Å². The van der Waals surface area contributed by atoms with Crippen LogP contribution in [0.15, 0.2) is 46.5 Å². The molecule has 136 valence electrons. The molecule has 4 rings (SSSR count). The Kier molecular flexibility index (Phi) is 4.19. The number of anilines is 1. The molecule has 1 saturated carbocycles. The Bertz CT molecular complexity index is 1050. The second-order valence-corrected chi connectivity index (χ2v) is 8.81. The van der Waals surface area contributed by atoms with Crippen LogP contribution in [0, 0.1) is 6.92 Å².